The van der Waals surface area contributed by atoms with Gasteiger partial charge in [0.05, 0.1) is 18.2 Å². The lowest BCUT2D eigenvalue weighted by Crippen LogP contribution is -2.37. The number of hydrogen-bond acceptors (Lipinski definition) is 3. The number of aromatic nitrogens is 2. The molecule has 0 fully saturated rings. The quantitative estimate of drug-likeness (QED) is 0.876. The van der Waals surface area contributed by atoms with Gasteiger partial charge in [-0.15, -0.1) is 0 Å². The summed E-state index contributed by atoms with van der Waals surface area (Å²) in [5.74, 6) is -0.392. The minimum absolute atomic E-state index is 0.127. The highest BCUT2D eigenvalue weighted by molar-refractivity contribution is 5.56. The molecule has 2 aromatic heterocycles. The van der Waals surface area contributed by atoms with Crippen LogP contribution in [-0.4, -0.2) is 15.7 Å². The van der Waals surface area contributed by atoms with Crippen LogP contribution in [0, 0.1) is 12.8 Å². The van der Waals surface area contributed by atoms with E-state index in [0.29, 0.717) is 23.0 Å². The van der Waals surface area contributed by atoms with Crippen LogP contribution in [-0.2, 0) is 6.54 Å². The van der Waals surface area contributed by atoms with Crippen molar-refractivity contribution in [2.24, 2.45) is 11.7 Å². The van der Waals surface area contributed by atoms with Crippen LogP contribution in [0.4, 0.5) is 13.2 Å². The molecule has 0 aliphatic carbocycles. The number of nitrogens with zero attached hydrogens (tertiary/aromatic N) is 2. The fourth-order valence-electron chi connectivity index (χ4n) is 2.66. The highest BCUT2D eigenvalue weighted by Crippen LogP contribution is 2.39. The highest BCUT2D eigenvalue weighted by Gasteiger charge is 2.44. The fourth-order valence-corrected chi connectivity index (χ4v) is 2.66. The third-order valence-corrected chi connectivity index (χ3v) is 3.74. The van der Waals surface area contributed by atoms with Crippen molar-refractivity contribution in [2.75, 3.05) is 0 Å². The summed E-state index contributed by atoms with van der Waals surface area (Å²) in [5, 5.41) is 0. The summed E-state index contributed by atoms with van der Waals surface area (Å²) < 4.78 is 45.6. The molecule has 0 bridgehead atoms. The van der Waals surface area contributed by atoms with E-state index in [9.17, 15) is 13.2 Å². The van der Waals surface area contributed by atoms with Gasteiger partial charge in [0, 0.05) is 12.2 Å². The van der Waals surface area contributed by atoms with E-state index in [4.69, 9.17) is 10.2 Å². The zero-order chi connectivity index (χ0) is 14.5. The largest absolute Gasteiger partial charge is 0.463 e. The number of hydrogen-bond donors (Lipinski definition) is 1. The second-order valence-electron chi connectivity index (χ2n) is 5.07. The van der Waals surface area contributed by atoms with E-state index >= 15 is 0 Å². The van der Waals surface area contributed by atoms with Crippen molar-refractivity contribution in [3.05, 3.63) is 29.9 Å². The van der Waals surface area contributed by atoms with Gasteiger partial charge < -0.3 is 14.7 Å². The standard InChI is InChI=1S/C13H14F3N3O/c1-7-11(10-3-2-4-20-10)18-12-9(17)5-8(6-19(7)12)13(14,15)16/h2-4,8-9H,5-6,17H2,1H3. The average molecular weight is 285 g/mol. The molecule has 2 N–H and O–H groups in total. The number of imidazole rings is 1. The first-order valence-electron chi connectivity index (χ1n) is 6.31. The van der Waals surface area contributed by atoms with Crippen molar-refractivity contribution < 1.29 is 17.6 Å². The van der Waals surface area contributed by atoms with Crippen LogP contribution in [0.2, 0.25) is 0 Å². The van der Waals surface area contributed by atoms with Gasteiger partial charge in [0.15, 0.2) is 5.76 Å². The summed E-state index contributed by atoms with van der Waals surface area (Å²) in [7, 11) is 0. The van der Waals surface area contributed by atoms with Crippen molar-refractivity contribution in [3.8, 4) is 11.5 Å². The Labute approximate surface area is 113 Å². The van der Waals surface area contributed by atoms with Crippen LogP contribution in [0.5, 0.6) is 0 Å². The molecule has 108 valence electrons. The summed E-state index contributed by atoms with van der Waals surface area (Å²) in [6, 6.07) is 2.73. The minimum atomic E-state index is -4.24. The van der Waals surface area contributed by atoms with Crippen LogP contribution in [0.3, 0.4) is 0 Å². The number of rotatable bonds is 1. The monoisotopic (exact) mass is 285 g/mol. The summed E-state index contributed by atoms with van der Waals surface area (Å²) in [4.78, 5) is 4.37. The third-order valence-electron chi connectivity index (χ3n) is 3.74. The van der Waals surface area contributed by atoms with E-state index < -0.39 is 18.1 Å². The summed E-state index contributed by atoms with van der Waals surface area (Å²) >= 11 is 0. The molecule has 4 nitrogen and oxygen atoms in total. The predicted molar refractivity (Wildman–Crippen MR) is 65.8 cm³/mol. The Hall–Kier alpha value is -1.76. The molecular formula is C13H14F3N3O. The molecule has 3 heterocycles. The second kappa shape index (κ2) is 4.37. The topological polar surface area (TPSA) is 57.0 Å². The SMILES string of the molecule is Cc1c(-c2ccco2)nc2n1CC(C(F)(F)F)CC2N. The maximum Gasteiger partial charge on any atom is 0.393 e. The van der Waals surface area contributed by atoms with Crippen LogP contribution in [0.25, 0.3) is 11.5 Å². The van der Waals surface area contributed by atoms with E-state index in [1.165, 1.54) is 6.26 Å². The lowest BCUT2D eigenvalue weighted by molar-refractivity contribution is -0.184. The number of alkyl halides is 3. The Kier molecular flexibility index (Phi) is 2.89. The van der Waals surface area contributed by atoms with Crippen LogP contribution in [0.1, 0.15) is 24.0 Å². The molecule has 20 heavy (non-hydrogen) atoms. The molecule has 0 radical (unpaired) electrons. The Balaban J connectivity index is 2.04. The van der Waals surface area contributed by atoms with Crippen molar-refractivity contribution in [2.45, 2.75) is 32.1 Å². The van der Waals surface area contributed by atoms with E-state index in [1.807, 2.05) is 0 Å². The molecule has 0 spiro atoms. The maximum atomic E-state index is 12.9. The molecule has 2 unspecified atom stereocenters. The molecule has 0 saturated carbocycles. The summed E-state index contributed by atoms with van der Waals surface area (Å²) in [6.07, 6.45) is -2.86. The van der Waals surface area contributed by atoms with Gasteiger partial charge in [-0.1, -0.05) is 0 Å². The number of fused-ring (bicyclic) bond motifs is 1. The Morgan fingerprint density at radius 3 is 2.80 bits per heavy atom. The molecule has 2 atom stereocenters. The Morgan fingerprint density at radius 1 is 1.45 bits per heavy atom. The number of halogens is 3. The molecule has 0 aromatic carbocycles. The van der Waals surface area contributed by atoms with Crippen LogP contribution in [0.15, 0.2) is 22.8 Å². The first-order valence-corrected chi connectivity index (χ1v) is 6.31. The third kappa shape index (κ3) is 2.02. The van der Waals surface area contributed by atoms with Gasteiger partial charge in [-0.25, -0.2) is 4.98 Å². The molecule has 3 rings (SSSR count). The Morgan fingerprint density at radius 2 is 2.20 bits per heavy atom. The average Bonchev–Trinajstić information content (AvgIpc) is 2.97. The summed E-state index contributed by atoms with van der Waals surface area (Å²) in [6.45, 7) is 1.60. The lowest BCUT2D eigenvalue weighted by Gasteiger charge is -2.30. The predicted octanol–water partition coefficient (Wildman–Crippen LogP) is 3.03. The van der Waals surface area contributed by atoms with Crippen molar-refractivity contribution in [3.63, 3.8) is 0 Å². The molecule has 7 heteroatoms. The smallest absolute Gasteiger partial charge is 0.393 e. The molecule has 1 aliphatic rings. The normalized spacial score (nSPS) is 22.9. The van der Waals surface area contributed by atoms with Gasteiger partial charge in [0.1, 0.15) is 11.5 Å². The highest BCUT2D eigenvalue weighted by atomic mass is 19.4. The molecule has 1 aliphatic heterocycles. The van der Waals surface area contributed by atoms with Gasteiger partial charge in [-0.3, -0.25) is 0 Å². The molecule has 2 aromatic rings. The minimum Gasteiger partial charge on any atom is -0.463 e. The van der Waals surface area contributed by atoms with Crippen molar-refractivity contribution >= 4 is 0 Å². The van der Waals surface area contributed by atoms with Crippen LogP contribution >= 0.6 is 0 Å². The first-order chi connectivity index (χ1) is 9.38. The fraction of sp³-hybridized carbons (Fsp3) is 0.462. The van der Waals surface area contributed by atoms with Crippen molar-refractivity contribution in [1.29, 1.82) is 0 Å². The van der Waals surface area contributed by atoms with E-state index in [2.05, 4.69) is 4.98 Å². The van der Waals surface area contributed by atoms with Crippen LogP contribution < -0.4 is 5.73 Å². The second-order valence-corrected chi connectivity index (χ2v) is 5.07. The van der Waals surface area contributed by atoms with Gasteiger partial charge >= 0.3 is 6.18 Å². The van der Waals surface area contributed by atoms with Gasteiger partial charge in [-0.05, 0) is 25.5 Å². The lowest BCUT2D eigenvalue weighted by atomic mass is 9.95. The zero-order valence-corrected chi connectivity index (χ0v) is 10.8. The van der Waals surface area contributed by atoms with Gasteiger partial charge in [0.25, 0.3) is 0 Å². The van der Waals surface area contributed by atoms with E-state index in [1.54, 1.807) is 23.6 Å². The van der Waals surface area contributed by atoms with Gasteiger partial charge in [-0.2, -0.15) is 13.2 Å². The first kappa shape index (κ1) is 13.2. The van der Waals surface area contributed by atoms with Crippen molar-refractivity contribution in [1.82, 2.24) is 9.55 Å². The Bertz CT molecular complexity index is 616. The van der Waals surface area contributed by atoms with E-state index in [0.717, 1.165) is 0 Å². The molecule has 0 amide bonds. The number of furan rings is 1. The zero-order valence-electron chi connectivity index (χ0n) is 10.8. The molecular weight excluding hydrogens is 271 g/mol. The van der Waals surface area contributed by atoms with Gasteiger partial charge in [0.2, 0.25) is 0 Å². The number of nitrogens with two attached hydrogens (primary N) is 1. The molecule has 0 saturated heterocycles. The van der Waals surface area contributed by atoms with E-state index in [-0.39, 0.29) is 13.0 Å². The maximum absolute atomic E-state index is 12.9. The summed E-state index contributed by atoms with van der Waals surface area (Å²) in [5.41, 5.74) is 7.07.